The third-order valence-corrected chi connectivity index (χ3v) is 4.51. The number of carbonyl (C=O) groups is 2. The molecule has 2 rings (SSSR count). The zero-order valence-corrected chi connectivity index (χ0v) is 11.6. The van der Waals surface area contributed by atoms with E-state index in [2.05, 4.69) is 10.6 Å². The van der Waals surface area contributed by atoms with Crippen molar-refractivity contribution >= 4 is 11.9 Å². The molecule has 1 aliphatic carbocycles. The van der Waals surface area contributed by atoms with E-state index in [0.29, 0.717) is 0 Å². The largest absolute Gasteiger partial charge is 0.481 e. The molecule has 108 valence electrons. The first kappa shape index (κ1) is 14.3. The number of aliphatic carboxylic acids is 1. The highest BCUT2D eigenvalue weighted by atomic mass is 16.4. The van der Waals surface area contributed by atoms with Gasteiger partial charge in [0.1, 0.15) is 0 Å². The number of hydrogen-bond acceptors (Lipinski definition) is 3. The summed E-state index contributed by atoms with van der Waals surface area (Å²) in [6.45, 7) is 4.00. The van der Waals surface area contributed by atoms with Gasteiger partial charge in [-0.25, -0.2) is 0 Å². The Morgan fingerprint density at radius 3 is 2.68 bits per heavy atom. The third kappa shape index (κ3) is 3.47. The highest BCUT2D eigenvalue weighted by molar-refractivity contribution is 5.83. The van der Waals surface area contributed by atoms with Gasteiger partial charge in [-0.15, -0.1) is 0 Å². The second-order valence-corrected chi connectivity index (χ2v) is 5.96. The molecule has 2 fully saturated rings. The number of rotatable bonds is 6. The highest BCUT2D eigenvalue weighted by Crippen LogP contribution is 2.58. The molecule has 3 N–H and O–H groups in total. The van der Waals surface area contributed by atoms with Crippen LogP contribution in [0.15, 0.2) is 0 Å². The van der Waals surface area contributed by atoms with Gasteiger partial charge in [-0.2, -0.15) is 0 Å². The van der Waals surface area contributed by atoms with E-state index in [9.17, 15) is 9.59 Å². The minimum Gasteiger partial charge on any atom is -0.481 e. The molecule has 2 atom stereocenters. The van der Waals surface area contributed by atoms with Crippen molar-refractivity contribution in [3.05, 3.63) is 0 Å². The maximum Gasteiger partial charge on any atom is 0.305 e. The van der Waals surface area contributed by atoms with Gasteiger partial charge in [0, 0.05) is 12.0 Å². The molecule has 0 bridgehead atoms. The lowest BCUT2D eigenvalue weighted by atomic mass is 9.91. The SMILES string of the molecule is CCCC(CC(=O)O)NC(=O)C1CC12CCNCC2. The molecule has 2 aliphatic rings. The van der Waals surface area contributed by atoms with Crippen LogP contribution in [0.5, 0.6) is 0 Å². The van der Waals surface area contributed by atoms with Gasteiger partial charge in [0.25, 0.3) is 0 Å². The molecule has 1 heterocycles. The number of carbonyl (C=O) groups excluding carboxylic acids is 1. The average Bonchev–Trinajstić information content (AvgIpc) is 3.03. The number of hydrogen-bond donors (Lipinski definition) is 3. The Hall–Kier alpha value is -1.10. The normalized spacial score (nSPS) is 25.8. The Kier molecular flexibility index (Phi) is 4.45. The van der Waals surface area contributed by atoms with Gasteiger partial charge < -0.3 is 15.7 Å². The number of piperidine rings is 1. The van der Waals surface area contributed by atoms with Gasteiger partial charge in [0.2, 0.25) is 5.91 Å². The monoisotopic (exact) mass is 268 g/mol. The summed E-state index contributed by atoms with van der Waals surface area (Å²) in [5.74, 6) is -0.657. The number of amides is 1. The van der Waals surface area contributed by atoms with Crippen molar-refractivity contribution in [2.75, 3.05) is 13.1 Å². The van der Waals surface area contributed by atoms with E-state index in [1.165, 1.54) is 0 Å². The fraction of sp³-hybridized carbons (Fsp3) is 0.857. The second-order valence-electron chi connectivity index (χ2n) is 5.96. The van der Waals surface area contributed by atoms with Crippen molar-refractivity contribution in [1.82, 2.24) is 10.6 Å². The van der Waals surface area contributed by atoms with Crippen molar-refractivity contribution < 1.29 is 14.7 Å². The maximum absolute atomic E-state index is 12.2. The lowest BCUT2D eigenvalue weighted by molar-refractivity contribution is -0.137. The van der Waals surface area contributed by atoms with Crippen molar-refractivity contribution in [2.45, 2.75) is 51.5 Å². The molecule has 2 unspecified atom stereocenters. The number of carboxylic acid groups (broad SMARTS) is 1. The standard InChI is InChI=1S/C14H24N2O3/c1-2-3-10(8-12(17)18)16-13(19)11-9-14(11)4-6-15-7-5-14/h10-11,15H,2-9H2,1H3,(H,16,19)(H,17,18). The van der Waals surface area contributed by atoms with Crippen LogP contribution in [0.2, 0.25) is 0 Å². The van der Waals surface area contributed by atoms with Crippen LogP contribution < -0.4 is 10.6 Å². The summed E-state index contributed by atoms with van der Waals surface area (Å²) >= 11 is 0. The van der Waals surface area contributed by atoms with E-state index in [4.69, 9.17) is 5.11 Å². The molecule has 19 heavy (non-hydrogen) atoms. The Morgan fingerprint density at radius 1 is 1.42 bits per heavy atom. The number of carboxylic acids is 1. The van der Waals surface area contributed by atoms with E-state index in [0.717, 1.165) is 45.2 Å². The van der Waals surface area contributed by atoms with Gasteiger partial charge in [0.15, 0.2) is 0 Å². The summed E-state index contributed by atoms with van der Waals surface area (Å²) in [6, 6.07) is -0.214. The molecule has 1 aliphatic heterocycles. The molecule has 0 aromatic heterocycles. The van der Waals surface area contributed by atoms with Crippen LogP contribution in [0.3, 0.4) is 0 Å². The van der Waals surface area contributed by atoms with Crippen LogP contribution in [-0.2, 0) is 9.59 Å². The second kappa shape index (κ2) is 5.90. The lowest BCUT2D eigenvalue weighted by Crippen LogP contribution is -2.39. The molecule has 1 saturated carbocycles. The third-order valence-electron chi connectivity index (χ3n) is 4.51. The minimum atomic E-state index is -0.842. The summed E-state index contributed by atoms with van der Waals surface area (Å²) in [6.07, 6.45) is 4.77. The first-order chi connectivity index (χ1) is 9.07. The maximum atomic E-state index is 12.2. The fourth-order valence-corrected chi connectivity index (χ4v) is 3.28. The van der Waals surface area contributed by atoms with E-state index >= 15 is 0 Å². The fourth-order valence-electron chi connectivity index (χ4n) is 3.28. The molecule has 0 aromatic rings. The summed E-state index contributed by atoms with van der Waals surface area (Å²) < 4.78 is 0. The Labute approximate surface area is 114 Å². The molecular formula is C14H24N2O3. The van der Waals surface area contributed by atoms with E-state index in [1.807, 2.05) is 6.92 Å². The van der Waals surface area contributed by atoms with Gasteiger partial charge in [0.05, 0.1) is 6.42 Å². The van der Waals surface area contributed by atoms with Gasteiger partial charge >= 0.3 is 5.97 Å². The lowest BCUT2D eigenvalue weighted by Gasteiger charge is -2.24. The summed E-state index contributed by atoms with van der Waals surface area (Å²) in [5.41, 5.74) is 0.218. The minimum absolute atomic E-state index is 0.0286. The summed E-state index contributed by atoms with van der Waals surface area (Å²) in [4.78, 5) is 23.0. The van der Waals surface area contributed by atoms with Crippen molar-refractivity contribution in [3.63, 3.8) is 0 Å². The smallest absolute Gasteiger partial charge is 0.305 e. The molecule has 5 heteroatoms. The van der Waals surface area contributed by atoms with Crippen LogP contribution in [0.4, 0.5) is 0 Å². The van der Waals surface area contributed by atoms with Gasteiger partial charge in [-0.1, -0.05) is 13.3 Å². The van der Waals surface area contributed by atoms with Crippen LogP contribution >= 0.6 is 0 Å². The predicted molar refractivity (Wildman–Crippen MR) is 71.7 cm³/mol. The average molecular weight is 268 g/mol. The molecular weight excluding hydrogens is 244 g/mol. The van der Waals surface area contributed by atoms with E-state index in [-0.39, 0.29) is 29.7 Å². The zero-order chi connectivity index (χ0) is 13.9. The highest BCUT2D eigenvalue weighted by Gasteiger charge is 2.57. The Bertz CT molecular complexity index is 351. The molecule has 5 nitrogen and oxygen atoms in total. The number of nitrogens with one attached hydrogen (secondary N) is 2. The van der Waals surface area contributed by atoms with Crippen LogP contribution in [0, 0.1) is 11.3 Å². The molecule has 1 amide bonds. The Balaban J connectivity index is 1.84. The summed E-state index contributed by atoms with van der Waals surface area (Å²) in [7, 11) is 0. The van der Waals surface area contributed by atoms with Crippen LogP contribution in [0.25, 0.3) is 0 Å². The van der Waals surface area contributed by atoms with Crippen molar-refractivity contribution in [1.29, 1.82) is 0 Å². The quantitative estimate of drug-likeness (QED) is 0.675. The van der Waals surface area contributed by atoms with Crippen molar-refractivity contribution in [3.8, 4) is 0 Å². The van der Waals surface area contributed by atoms with Crippen LogP contribution in [-0.4, -0.2) is 36.1 Å². The molecule has 0 aromatic carbocycles. The molecule has 1 saturated heterocycles. The topological polar surface area (TPSA) is 78.4 Å². The van der Waals surface area contributed by atoms with Gasteiger partial charge in [-0.3, -0.25) is 9.59 Å². The van der Waals surface area contributed by atoms with E-state index in [1.54, 1.807) is 0 Å². The Morgan fingerprint density at radius 2 is 2.11 bits per heavy atom. The molecule has 0 radical (unpaired) electrons. The zero-order valence-electron chi connectivity index (χ0n) is 11.6. The van der Waals surface area contributed by atoms with Gasteiger partial charge in [-0.05, 0) is 44.2 Å². The van der Waals surface area contributed by atoms with Crippen LogP contribution in [0.1, 0.15) is 45.4 Å². The first-order valence-corrected chi connectivity index (χ1v) is 7.30. The van der Waals surface area contributed by atoms with Crippen molar-refractivity contribution in [2.24, 2.45) is 11.3 Å². The summed E-state index contributed by atoms with van der Waals surface area (Å²) in [5, 5.41) is 15.1. The molecule has 1 spiro atoms. The van der Waals surface area contributed by atoms with E-state index < -0.39 is 5.97 Å². The predicted octanol–water partition coefficient (Wildman–Crippen LogP) is 1.14. The first-order valence-electron chi connectivity index (χ1n) is 7.30.